The molecule has 1 heterocycles. The van der Waals surface area contributed by atoms with Crippen LogP contribution in [0.15, 0.2) is 6.07 Å². The quantitative estimate of drug-likeness (QED) is 0.359. The van der Waals surface area contributed by atoms with Crippen LogP contribution in [0.25, 0.3) is 0 Å². The summed E-state index contributed by atoms with van der Waals surface area (Å²) in [4.78, 5) is 14.9. The molecule has 1 aromatic rings. The summed E-state index contributed by atoms with van der Waals surface area (Å²) < 4.78 is 29.8. The summed E-state index contributed by atoms with van der Waals surface area (Å²) in [5.41, 5.74) is -0.118. The molecule has 0 saturated carbocycles. The summed E-state index contributed by atoms with van der Waals surface area (Å²) >= 11 is 7.22. The van der Waals surface area contributed by atoms with Gasteiger partial charge < -0.3 is 4.74 Å². The van der Waals surface area contributed by atoms with Crippen LogP contribution < -0.4 is 0 Å². The molecular formula is C9H7ClF2INO2. The van der Waals surface area contributed by atoms with Crippen LogP contribution in [-0.4, -0.2) is 18.1 Å². The molecule has 0 radical (unpaired) electrons. The van der Waals surface area contributed by atoms with E-state index in [9.17, 15) is 13.6 Å². The highest BCUT2D eigenvalue weighted by atomic mass is 127. The number of rotatable bonds is 3. The molecule has 3 nitrogen and oxygen atoms in total. The van der Waals surface area contributed by atoms with Crippen molar-refractivity contribution < 1.29 is 18.3 Å². The molecule has 0 aromatic carbocycles. The smallest absolute Gasteiger partial charge is 0.340 e. The van der Waals surface area contributed by atoms with Crippen LogP contribution in [-0.2, 0) is 10.6 Å². The van der Waals surface area contributed by atoms with Crippen molar-refractivity contribution in [1.82, 2.24) is 4.98 Å². The molecule has 0 bridgehead atoms. The summed E-state index contributed by atoms with van der Waals surface area (Å²) in [5, 5.41) is 0. The van der Waals surface area contributed by atoms with E-state index < -0.39 is 18.1 Å². The number of ether oxygens (including phenoxy) is 1. The summed E-state index contributed by atoms with van der Waals surface area (Å²) in [5.74, 6) is -0.753. The van der Waals surface area contributed by atoms with Gasteiger partial charge >= 0.3 is 5.97 Å². The molecule has 0 saturated heterocycles. The molecule has 0 fully saturated rings. The Hall–Kier alpha value is -0.500. The predicted molar refractivity (Wildman–Crippen MR) is 62.8 cm³/mol. The van der Waals surface area contributed by atoms with Crippen molar-refractivity contribution in [3.8, 4) is 0 Å². The zero-order chi connectivity index (χ0) is 12.3. The zero-order valence-electron chi connectivity index (χ0n) is 8.14. The fourth-order valence-electron chi connectivity index (χ4n) is 1.09. The second-order valence-electron chi connectivity index (χ2n) is 2.80. The minimum Gasteiger partial charge on any atom is -0.465 e. The number of halogens is 4. The summed E-state index contributed by atoms with van der Waals surface area (Å²) in [7, 11) is 1.21. The van der Waals surface area contributed by atoms with Crippen molar-refractivity contribution in [3.63, 3.8) is 0 Å². The van der Waals surface area contributed by atoms with Crippen LogP contribution in [0, 0.1) is 3.70 Å². The molecule has 1 aromatic heterocycles. The van der Waals surface area contributed by atoms with E-state index in [0.29, 0.717) is 0 Å². The molecule has 0 aliphatic heterocycles. The first kappa shape index (κ1) is 13.6. The van der Waals surface area contributed by atoms with Crippen molar-refractivity contribution in [2.75, 3.05) is 7.11 Å². The third-order valence-corrected chi connectivity index (χ3v) is 2.95. The van der Waals surface area contributed by atoms with E-state index in [-0.39, 0.29) is 20.7 Å². The van der Waals surface area contributed by atoms with Gasteiger partial charge in [-0.05, 0) is 34.2 Å². The van der Waals surface area contributed by atoms with E-state index >= 15 is 0 Å². The average molecular weight is 362 g/mol. The van der Waals surface area contributed by atoms with Crippen LogP contribution >= 0.6 is 34.2 Å². The van der Waals surface area contributed by atoms with Gasteiger partial charge in [-0.15, -0.1) is 11.6 Å². The maximum atomic E-state index is 12.6. The van der Waals surface area contributed by atoms with Gasteiger partial charge in [0.15, 0.2) is 0 Å². The second-order valence-corrected chi connectivity index (χ2v) is 4.09. The molecule has 16 heavy (non-hydrogen) atoms. The SMILES string of the molecule is COC(=O)c1cc(CCl)c(C(F)F)nc1I. The van der Waals surface area contributed by atoms with Gasteiger partial charge in [-0.2, -0.15) is 0 Å². The Morgan fingerprint density at radius 3 is 2.75 bits per heavy atom. The van der Waals surface area contributed by atoms with Crippen molar-refractivity contribution in [1.29, 1.82) is 0 Å². The highest BCUT2D eigenvalue weighted by Gasteiger charge is 2.20. The maximum absolute atomic E-state index is 12.6. The fraction of sp³-hybridized carbons (Fsp3) is 0.333. The number of nitrogens with zero attached hydrogens (tertiary/aromatic N) is 1. The molecule has 1 rings (SSSR count). The van der Waals surface area contributed by atoms with Gasteiger partial charge in [-0.3, -0.25) is 0 Å². The molecule has 0 N–H and O–H groups in total. The lowest BCUT2D eigenvalue weighted by atomic mass is 10.1. The molecule has 0 spiro atoms. The van der Waals surface area contributed by atoms with Gasteiger partial charge in [0, 0.05) is 5.88 Å². The number of carbonyl (C=O) groups is 1. The number of methoxy groups -OCH3 is 1. The number of esters is 1. The third-order valence-electron chi connectivity index (χ3n) is 1.84. The van der Waals surface area contributed by atoms with Crippen molar-refractivity contribution in [3.05, 3.63) is 26.6 Å². The first-order valence-corrected chi connectivity index (χ1v) is 5.74. The predicted octanol–water partition coefficient (Wildman–Crippen LogP) is 3.15. The summed E-state index contributed by atoms with van der Waals surface area (Å²) in [6, 6.07) is 1.29. The highest BCUT2D eigenvalue weighted by Crippen LogP contribution is 2.25. The average Bonchev–Trinajstić information content (AvgIpc) is 2.27. The van der Waals surface area contributed by atoms with E-state index in [2.05, 4.69) is 9.72 Å². The fourth-order valence-corrected chi connectivity index (χ4v) is 1.94. The summed E-state index contributed by atoms with van der Waals surface area (Å²) in [6.45, 7) is 0. The molecule has 0 unspecified atom stereocenters. The van der Waals surface area contributed by atoms with Crippen LogP contribution in [0.4, 0.5) is 8.78 Å². The van der Waals surface area contributed by atoms with E-state index in [4.69, 9.17) is 11.6 Å². The van der Waals surface area contributed by atoms with E-state index in [1.165, 1.54) is 13.2 Å². The van der Waals surface area contributed by atoms with Crippen LogP contribution in [0.2, 0.25) is 0 Å². The van der Waals surface area contributed by atoms with E-state index in [0.717, 1.165) is 0 Å². The van der Waals surface area contributed by atoms with Gasteiger partial charge in [-0.1, -0.05) is 0 Å². The molecular weight excluding hydrogens is 354 g/mol. The largest absolute Gasteiger partial charge is 0.465 e. The van der Waals surface area contributed by atoms with Crippen LogP contribution in [0.3, 0.4) is 0 Å². The molecule has 0 amide bonds. The first-order chi connectivity index (χ1) is 7.51. The first-order valence-electron chi connectivity index (χ1n) is 4.13. The Morgan fingerprint density at radius 1 is 1.69 bits per heavy atom. The van der Waals surface area contributed by atoms with Gasteiger partial charge in [0.05, 0.1) is 12.7 Å². The number of hydrogen-bond acceptors (Lipinski definition) is 3. The lowest BCUT2D eigenvalue weighted by Gasteiger charge is -2.09. The van der Waals surface area contributed by atoms with E-state index in [1.54, 1.807) is 22.6 Å². The molecule has 0 atom stereocenters. The van der Waals surface area contributed by atoms with Crippen molar-refractivity contribution >= 4 is 40.2 Å². The summed E-state index contributed by atoms with van der Waals surface area (Å²) in [6.07, 6.45) is -2.71. The number of carbonyl (C=O) groups excluding carboxylic acids is 1. The molecule has 0 aliphatic rings. The Morgan fingerprint density at radius 2 is 2.31 bits per heavy atom. The molecule has 88 valence electrons. The number of pyridine rings is 1. The zero-order valence-corrected chi connectivity index (χ0v) is 11.1. The Labute approximate surface area is 109 Å². The third kappa shape index (κ3) is 2.79. The minimum absolute atomic E-state index is 0.131. The van der Waals surface area contributed by atoms with Crippen molar-refractivity contribution in [2.24, 2.45) is 0 Å². The van der Waals surface area contributed by atoms with Crippen LogP contribution in [0.5, 0.6) is 0 Å². The maximum Gasteiger partial charge on any atom is 0.340 e. The molecule has 0 aliphatic carbocycles. The standard InChI is InChI=1S/C9H7ClF2INO2/c1-16-9(15)5-2-4(3-10)6(7(11)12)14-8(5)13/h2,7H,3H2,1H3. The van der Waals surface area contributed by atoms with Crippen LogP contribution in [0.1, 0.15) is 28.0 Å². The topological polar surface area (TPSA) is 39.2 Å². The Bertz CT molecular complexity index is 415. The Balaban J connectivity index is 3.31. The lowest BCUT2D eigenvalue weighted by Crippen LogP contribution is -2.09. The number of hydrogen-bond donors (Lipinski definition) is 0. The van der Waals surface area contributed by atoms with Gasteiger partial charge in [0.1, 0.15) is 9.39 Å². The minimum atomic E-state index is -2.71. The monoisotopic (exact) mass is 361 g/mol. The Kier molecular flexibility index (Phi) is 4.85. The van der Waals surface area contributed by atoms with Gasteiger partial charge in [0.2, 0.25) is 0 Å². The van der Waals surface area contributed by atoms with E-state index in [1.807, 2.05) is 0 Å². The lowest BCUT2D eigenvalue weighted by molar-refractivity contribution is 0.0598. The van der Waals surface area contributed by atoms with Crippen molar-refractivity contribution in [2.45, 2.75) is 12.3 Å². The van der Waals surface area contributed by atoms with Gasteiger partial charge in [-0.25, -0.2) is 18.6 Å². The highest BCUT2D eigenvalue weighted by molar-refractivity contribution is 14.1. The normalized spacial score (nSPS) is 10.6. The second kappa shape index (κ2) is 5.72. The number of alkyl halides is 3. The van der Waals surface area contributed by atoms with Gasteiger partial charge in [0.25, 0.3) is 6.43 Å². The number of aromatic nitrogens is 1. The molecule has 7 heteroatoms.